The fourth-order valence-electron chi connectivity index (χ4n) is 0.260. The minimum Gasteiger partial charge on any atom is -0.480 e. The SMILES string of the molecule is O=C(O)[C@H](CS)N=S(=O)=O. The van der Waals surface area contributed by atoms with Crippen molar-refractivity contribution >= 4 is 29.1 Å². The van der Waals surface area contributed by atoms with Crippen LogP contribution in [0.25, 0.3) is 0 Å². The van der Waals surface area contributed by atoms with Gasteiger partial charge in [-0.25, -0.2) is 4.79 Å². The molecule has 0 saturated carbocycles. The fraction of sp³-hybridized carbons (Fsp3) is 0.667. The third-order valence-corrected chi connectivity index (χ3v) is 1.44. The van der Waals surface area contributed by atoms with Crippen LogP contribution in [0.5, 0.6) is 0 Å². The quantitative estimate of drug-likeness (QED) is 0.574. The Balaban J connectivity index is 4.39. The molecule has 10 heavy (non-hydrogen) atoms. The summed E-state index contributed by atoms with van der Waals surface area (Å²) < 4.78 is 22.5. The highest BCUT2D eigenvalue weighted by molar-refractivity contribution is 7.80. The Labute approximate surface area is 64.2 Å². The zero-order valence-electron chi connectivity index (χ0n) is 4.76. The second kappa shape index (κ2) is 4.29. The molecule has 0 aliphatic heterocycles. The monoisotopic (exact) mass is 183 g/mol. The minimum atomic E-state index is -2.67. The molecule has 0 radical (unpaired) electrons. The first-order chi connectivity index (χ1) is 4.57. The van der Waals surface area contributed by atoms with Gasteiger partial charge in [-0.2, -0.15) is 25.4 Å². The fourth-order valence-corrected chi connectivity index (χ4v) is 0.981. The maximum atomic E-state index is 10.1. The number of thiol groups is 1. The van der Waals surface area contributed by atoms with Crippen molar-refractivity contribution in [2.75, 3.05) is 5.75 Å². The van der Waals surface area contributed by atoms with Gasteiger partial charge in [-0.3, -0.25) is 0 Å². The van der Waals surface area contributed by atoms with Crippen LogP contribution in [0.15, 0.2) is 4.36 Å². The van der Waals surface area contributed by atoms with Crippen molar-refractivity contribution in [1.82, 2.24) is 0 Å². The molecular formula is C3H5NO4S2. The highest BCUT2D eigenvalue weighted by atomic mass is 32.2. The Kier molecular flexibility index (Phi) is 4.05. The van der Waals surface area contributed by atoms with E-state index < -0.39 is 22.5 Å². The largest absolute Gasteiger partial charge is 0.480 e. The number of hydrogen-bond donors (Lipinski definition) is 2. The lowest BCUT2D eigenvalue weighted by atomic mass is 10.4. The van der Waals surface area contributed by atoms with Crippen molar-refractivity contribution in [3.05, 3.63) is 0 Å². The number of hydrogen-bond acceptors (Lipinski definition) is 5. The van der Waals surface area contributed by atoms with Crippen LogP contribution in [-0.4, -0.2) is 31.3 Å². The van der Waals surface area contributed by atoms with E-state index in [0.717, 1.165) is 0 Å². The molecule has 0 fully saturated rings. The summed E-state index contributed by atoms with van der Waals surface area (Å²) in [6.07, 6.45) is 0. The number of carboxylic acids is 1. The van der Waals surface area contributed by atoms with Crippen LogP contribution in [-0.2, 0) is 15.3 Å². The van der Waals surface area contributed by atoms with Crippen LogP contribution >= 0.6 is 12.6 Å². The van der Waals surface area contributed by atoms with E-state index in [1.165, 1.54) is 0 Å². The van der Waals surface area contributed by atoms with Gasteiger partial charge in [-0.05, 0) is 0 Å². The summed E-state index contributed by atoms with van der Waals surface area (Å²) in [5.41, 5.74) is 0. The number of aliphatic carboxylic acids is 1. The van der Waals surface area contributed by atoms with Crippen molar-refractivity contribution in [2.45, 2.75) is 6.04 Å². The van der Waals surface area contributed by atoms with Crippen LogP contribution in [0.3, 0.4) is 0 Å². The van der Waals surface area contributed by atoms with Crippen molar-refractivity contribution in [3.63, 3.8) is 0 Å². The molecule has 1 atom stereocenters. The van der Waals surface area contributed by atoms with Gasteiger partial charge in [0.05, 0.1) is 0 Å². The van der Waals surface area contributed by atoms with Gasteiger partial charge in [0, 0.05) is 5.75 Å². The zero-order valence-corrected chi connectivity index (χ0v) is 6.47. The molecule has 7 heteroatoms. The van der Waals surface area contributed by atoms with E-state index in [1.54, 1.807) is 0 Å². The van der Waals surface area contributed by atoms with Gasteiger partial charge in [0.2, 0.25) is 0 Å². The lowest BCUT2D eigenvalue weighted by Gasteiger charge is -1.95. The Morgan fingerprint density at radius 2 is 2.20 bits per heavy atom. The molecule has 0 heterocycles. The zero-order chi connectivity index (χ0) is 8.15. The third kappa shape index (κ3) is 3.46. The van der Waals surface area contributed by atoms with Crippen molar-refractivity contribution in [2.24, 2.45) is 4.36 Å². The summed E-state index contributed by atoms with van der Waals surface area (Å²) in [6, 6.07) is -1.26. The van der Waals surface area contributed by atoms with Crippen LogP contribution in [0.4, 0.5) is 0 Å². The molecule has 0 aliphatic rings. The summed E-state index contributed by atoms with van der Waals surface area (Å²) in [4.78, 5) is 10.1. The van der Waals surface area contributed by atoms with E-state index >= 15 is 0 Å². The predicted molar refractivity (Wildman–Crippen MR) is 36.6 cm³/mol. The predicted octanol–water partition coefficient (Wildman–Crippen LogP) is -0.568. The molecule has 5 nitrogen and oxygen atoms in total. The highest BCUT2D eigenvalue weighted by Gasteiger charge is 2.13. The van der Waals surface area contributed by atoms with Crippen LogP contribution in [0, 0.1) is 0 Å². The Bertz CT molecular complexity index is 235. The van der Waals surface area contributed by atoms with E-state index in [2.05, 4.69) is 17.0 Å². The average molecular weight is 183 g/mol. The molecule has 0 aromatic carbocycles. The lowest BCUT2D eigenvalue weighted by molar-refractivity contribution is -0.137. The molecule has 1 N–H and O–H groups in total. The van der Waals surface area contributed by atoms with Crippen LogP contribution in [0.2, 0.25) is 0 Å². The Hall–Kier alpha value is -0.560. The first kappa shape index (κ1) is 9.44. The van der Waals surface area contributed by atoms with Gasteiger partial charge < -0.3 is 5.11 Å². The molecule has 0 spiro atoms. The van der Waals surface area contributed by atoms with E-state index in [0.29, 0.717) is 0 Å². The Morgan fingerprint density at radius 1 is 1.70 bits per heavy atom. The normalized spacial score (nSPS) is 12.1. The summed E-state index contributed by atoms with van der Waals surface area (Å²) in [7, 11) is -2.67. The van der Waals surface area contributed by atoms with E-state index in [-0.39, 0.29) is 5.75 Å². The molecular weight excluding hydrogens is 178 g/mol. The average Bonchev–Trinajstić information content (AvgIpc) is 1.81. The second-order valence-electron chi connectivity index (χ2n) is 1.36. The van der Waals surface area contributed by atoms with Crippen molar-refractivity contribution in [1.29, 1.82) is 0 Å². The lowest BCUT2D eigenvalue weighted by Crippen LogP contribution is -2.18. The maximum absolute atomic E-state index is 10.1. The van der Waals surface area contributed by atoms with E-state index in [9.17, 15) is 13.2 Å². The van der Waals surface area contributed by atoms with E-state index in [4.69, 9.17) is 5.11 Å². The Morgan fingerprint density at radius 3 is 2.30 bits per heavy atom. The summed E-state index contributed by atoms with van der Waals surface area (Å²) >= 11 is 3.58. The van der Waals surface area contributed by atoms with E-state index in [1.807, 2.05) is 0 Å². The number of carboxylic acid groups (broad SMARTS) is 1. The first-order valence-electron chi connectivity index (χ1n) is 2.21. The molecule has 58 valence electrons. The first-order valence-corrected chi connectivity index (χ1v) is 3.88. The molecule has 0 unspecified atom stereocenters. The topological polar surface area (TPSA) is 83.8 Å². The third-order valence-electron chi connectivity index (χ3n) is 0.671. The molecule has 0 aliphatic carbocycles. The van der Waals surface area contributed by atoms with Gasteiger partial charge in [-0.1, -0.05) is 0 Å². The van der Waals surface area contributed by atoms with Crippen molar-refractivity contribution in [3.8, 4) is 0 Å². The highest BCUT2D eigenvalue weighted by Crippen LogP contribution is 1.93. The molecule has 0 aromatic rings. The van der Waals surface area contributed by atoms with Crippen LogP contribution in [0.1, 0.15) is 0 Å². The van der Waals surface area contributed by atoms with Crippen LogP contribution < -0.4 is 0 Å². The summed E-state index contributed by atoms with van der Waals surface area (Å²) in [5.74, 6) is -1.41. The molecule has 0 bridgehead atoms. The number of rotatable bonds is 3. The number of carbonyl (C=O) groups is 1. The summed E-state index contributed by atoms with van der Waals surface area (Å²) in [6.45, 7) is 0. The molecule has 0 saturated heterocycles. The van der Waals surface area contributed by atoms with Gasteiger partial charge in [0.25, 0.3) is 0 Å². The smallest absolute Gasteiger partial charge is 0.330 e. The summed E-state index contributed by atoms with van der Waals surface area (Å²) in [5, 5.41) is 8.21. The van der Waals surface area contributed by atoms with Crippen molar-refractivity contribution < 1.29 is 18.3 Å². The minimum absolute atomic E-state index is 0.122. The van der Waals surface area contributed by atoms with Gasteiger partial charge in [0.1, 0.15) is 0 Å². The van der Waals surface area contributed by atoms with Gasteiger partial charge >= 0.3 is 16.5 Å². The molecule has 0 rings (SSSR count). The van der Waals surface area contributed by atoms with Gasteiger partial charge in [-0.15, -0.1) is 0 Å². The molecule has 0 aromatic heterocycles. The standard InChI is InChI=1S/C3H5NO4S2/c5-3(6)2(1-9)4-10(7)8/h2,9H,1H2,(H,5,6)/t2-/m0/s1. The molecule has 0 amide bonds. The second-order valence-corrected chi connectivity index (χ2v) is 2.37. The van der Waals surface area contributed by atoms with Gasteiger partial charge in [0.15, 0.2) is 6.04 Å². The maximum Gasteiger partial charge on any atom is 0.330 e. The number of nitrogens with zero attached hydrogens (tertiary/aromatic N) is 1.